The molecule has 0 aromatic heterocycles. The Labute approximate surface area is 105 Å². The van der Waals surface area contributed by atoms with Crippen LogP contribution in [-0.4, -0.2) is 24.3 Å². The van der Waals surface area contributed by atoms with Gasteiger partial charge in [-0.3, -0.25) is 0 Å². The van der Waals surface area contributed by atoms with E-state index in [1.165, 1.54) is 0 Å². The second-order valence-corrected chi connectivity index (χ2v) is 3.72. The predicted octanol–water partition coefficient (Wildman–Crippen LogP) is 2.49. The molecule has 2 rings (SSSR count). The summed E-state index contributed by atoms with van der Waals surface area (Å²) < 4.78 is 10.2. The van der Waals surface area contributed by atoms with Gasteiger partial charge >= 0.3 is 5.97 Å². The molecule has 0 heterocycles. The van der Waals surface area contributed by atoms with Gasteiger partial charge in [0, 0.05) is 10.8 Å². The highest BCUT2D eigenvalue weighted by Crippen LogP contribution is 2.31. The van der Waals surface area contributed by atoms with Gasteiger partial charge < -0.3 is 14.6 Å². The largest absolute Gasteiger partial charge is 0.507 e. The van der Waals surface area contributed by atoms with Crippen molar-refractivity contribution in [1.29, 1.82) is 0 Å². The topological polar surface area (TPSA) is 55.8 Å². The lowest BCUT2D eigenvalue weighted by Gasteiger charge is -2.09. The minimum absolute atomic E-state index is 0.136. The molecule has 0 aliphatic carbocycles. The quantitative estimate of drug-likeness (QED) is 0.842. The van der Waals surface area contributed by atoms with Gasteiger partial charge in [-0.2, -0.15) is 0 Å². The SMILES string of the molecule is CCOC(=O)COc1cccc2c(O)cccc12. The third kappa shape index (κ3) is 2.53. The van der Waals surface area contributed by atoms with E-state index in [1.807, 2.05) is 6.07 Å². The van der Waals surface area contributed by atoms with Gasteiger partial charge in [0.05, 0.1) is 6.61 Å². The highest BCUT2D eigenvalue weighted by atomic mass is 16.6. The van der Waals surface area contributed by atoms with Gasteiger partial charge in [-0.05, 0) is 19.1 Å². The highest BCUT2D eigenvalue weighted by molar-refractivity contribution is 5.93. The van der Waals surface area contributed by atoms with E-state index < -0.39 is 5.97 Å². The Morgan fingerprint density at radius 2 is 1.89 bits per heavy atom. The summed E-state index contributed by atoms with van der Waals surface area (Å²) in [5.41, 5.74) is 0. The van der Waals surface area contributed by atoms with Gasteiger partial charge in [0.15, 0.2) is 6.61 Å². The molecule has 4 nitrogen and oxygen atoms in total. The molecule has 4 heteroatoms. The van der Waals surface area contributed by atoms with Crippen molar-refractivity contribution in [2.24, 2.45) is 0 Å². The smallest absolute Gasteiger partial charge is 0.344 e. The van der Waals surface area contributed by atoms with Crippen molar-refractivity contribution in [1.82, 2.24) is 0 Å². The number of aromatic hydroxyl groups is 1. The predicted molar refractivity (Wildman–Crippen MR) is 67.7 cm³/mol. The number of hydrogen-bond acceptors (Lipinski definition) is 4. The molecular weight excluding hydrogens is 232 g/mol. The molecule has 0 atom stereocenters. The number of carbonyl (C=O) groups excluding carboxylic acids is 1. The number of ether oxygens (including phenoxy) is 2. The Morgan fingerprint density at radius 3 is 2.67 bits per heavy atom. The van der Waals surface area contributed by atoms with Gasteiger partial charge in [0.2, 0.25) is 0 Å². The molecule has 0 unspecified atom stereocenters. The maximum Gasteiger partial charge on any atom is 0.344 e. The van der Waals surface area contributed by atoms with E-state index in [4.69, 9.17) is 9.47 Å². The second-order valence-electron chi connectivity index (χ2n) is 3.72. The fourth-order valence-electron chi connectivity index (χ4n) is 1.73. The first-order valence-electron chi connectivity index (χ1n) is 5.71. The summed E-state index contributed by atoms with van der Waals surface area (Å²) in [7, 11) is 0. The number of hydrogen-bond donors (Lipinski definition) is 1. The fourth-order valence-corrected chi connectivity index (χ4v) is 1.73. The lowest BCUT2D eigenvalue weighted by atomic mass is 10.1. The zero-order valence-electron chi connectivity index (χ0n) is 10.1. The normalized spacial score (nSPS) is 10.3. The zero-order valence-corrected chi connectivity index (χ0v) is 10.1. The summed E-state index contributed by atoms with van der Waals surface area (Å²) in [5.74, 6) is 0.334. The second kappa shape index (κ2) is 5.40. The summed E-state index contributed by atoms with van der Waals surface area (Å²) in [6, 6.07) is 10.5. The number of fused-ring (bicyclic) bond motifs is 1. The average Bonchev–Trinajstić information content (AvgIpc) is 2.37. The molecule has 1 N–H and O–H groups in total. The standard InChI is InChI=1S/C14H14O4/c1-2-17-14(16)9-18-13-8-4-5-10-11(13)6-3-7-12(10)15/h3-8,15H,2,9H2,1H3. The molecule has 0 fully saturated rings. The van der Waals surface area contributed by atoms with Crippen LogP contribution in [0.4, 0.5) is 0 Å². The summed E-state index contributed by atoms with van der Waals surface area (Å²) >= 11 is 0. The number of phenols is 1. The molecule has 0 saturated carbocycles. The molecule has 0 amide bonds. The Balaban J connectivity index is 2.23. The molecular formula is C14H14O4. The van der Waals surface area contributed by atoms with E-state index in [1.54, 1.807) is 37.3 Å². The van der Waals surface area contributed by atoms with Crippen LogP contribution in [0.5, 0.6) is 11.5 Å². The molecule has 2 aromatic carbocycles. The molecule has 0 saturated heterocycles. The van der Waals surface area contributed by atoms with Crippen LogP contribution in [-0.2, 0) is 9.53 Å². The summed E-state index contributed by atoms with van der Waals surface area (Å²) in [5, 5.41) is 11.2. The monoisotopic (exact) mass is 246 g/mol. The number of carbonyl (C=O) groups is 1. The van der Waals surface area contributed by atoms with Crippen LogP contribution in [0.2, 0.25) is 0 Å². The minimum atomic E-state index is -0.408. The maximum absolute atomic E-state index is 11.2. The van der Waals surface area contributed by atoms with E-state index in [2.05, 4.69) is 0 Å². The highest BCUT2D eigenvalue weighted by Gasteiger charge is 2.07. The first kappa shape index (κ1) is 12.2. The van der Waals surface area contributed by atoms with Crippen molar-refractivity contribution in [3.8, 4) is 11.5 Å². The van der Waals surface area contributed by atoms with Gasteiger partial charge in [-0.25, -0.2) is 4.79 Å². The van der Waals surface area contributed by atoms with E-state index >= 15 is 0 Å². The molecule has 0 spiro atoms. The van der Waals surface area contributed by atoms with Crippen molar-refractivity contribution in [3.05, 3.63) is 36.4 Å². The van der Waals surface area contributed by atoms with Crippen LogP contribution in [0.3, 0.4) is 0 Å². The Kier molecular flexibility index (Phi) is 3.67. The van der Waals surface area contributed by atoms with E-state index in [0.29, 0.717) is 17.7 Å². The first-order valence-corrected chi connectivity index (χ1v) is 5.71. The number of esters is 1. The third-order valence-electron chi connectivity index (χ3n) is 2.51. The number of phenolic OH excluding ortho intramolecular Hbond substituents is 1. The molecule has 0 aliphatic heterocycles. The number of rotatable bonds is 4. The minimum Gasteiger partial charge on any atom is -0.507 e. The lowest BCUT2D eigenvalue weighted by molar-refractivity contribution is -0.145. The van der Waals surface area contributed by atoms with Crippen LogP contribution in [0.1, 0.15) is 6.92 Å². The van der Waals surface area contributed by atoms with Gasteiger partial charge in [0.1, 0.15) is 11.5 Å². The van der Waals surface area contributed by atoms with Gasteiger partial charge in [-0.15, -0.1) is 0 Å². The zero-order chi connectivity index (χ0) is 13.0. The molecule has 2 aromatic rings. The van der Waals surface area contributed by atoms with Crippen molar-refractivity contribution in [2.45, 2.75) is 6.92 Å². The molecule has 0 aliphatic rings. The van der Waals surface area contributed by atoms with Crippen molar-refractivity contribution in [2.75, 3.05) is 13.2 Å². The van der Waals surface area contributed by atoms with Crippen molar-refractivity contribution < 1.29 is 19.4 Å². The molecule has 18 heavy (non-hydrogen) atoms. The van der Waals surface area contributed by atoms with Crippen molar-refractivity contribution >= 4 is 16.7 Å². The number of benzene rings is 2. The molecule has 94 valence electrons. The Hall–Kier alpha value is -2.23. The molecule has 0 radical (unpaired) electrons. The van der Waals surface area contributed by atoms with Crippen LogP contribution in [0.15, 0.2) is 36.4 Å². The fraction of sp³-hybridized carbons (Fsp3) is 0.214. The van der Waals surface area contributed by atoms with E-state index in [0.717, 1.165) is 5.39 Å². The Bertz CT molecular complexity index is 563. The van der Waals surface area contributed by atoms with E-state index in [-0.39, 0.29) is 12.4 Å². The van der Waals surface area contributed by atoms with Crippen LogP contribution in [0, 0.1) is 0 Å². The van der Waals surface area contributed by atoms with E-state index in [9.17, 15) is 9.90 Å². The van der Waals surface area contributed by atoms with Crippen LogP contribution < -0.4 is 4.74 Å². The average molecular weight is 246 g/mol. The first-order chi connectivity index (χ1) is 8.72. The van der Waals surface area contributed by atoms with Gasteiger partial charge in [0.25, 0.3) is 0 Å². The summed E-state index contributed by atoms with van der Waals surface area (Å²) in [6.07, 6.45) is 0. The lowest BCUT2D eigenvalue weighted by Crippen LogP contribution is -2.14. The van der Waals surface area contributed by atoms with Crippen molar-refractivity contribution in [3.63, 3.8) is 0 Å². The summed E-state index contributed by atoms with van der Waals surface area (Å²) in [4.78, 5) is 11.2. The molecule has 0 bridgehead atoms. The Morgan fingerprint density at radius 1 is 1.17 bits per heavy atom. The maximum atomic E-state index is 11.2. The van der Waals surface area contributed by atoms with Crippen LogP contribution in [0.25, 0.3) is 10.8 Å². The van der Waals surface area contributed by atoms with Crippen LogP contribution >= 0.6 is 0 Å². The summed E-state index contributed by atoms with van der Waals surface area (Å²) in [6.45, 7) is 1.94. The third-order valence-corrected chi connectivity index (χ3v) is 2.51. The van der Waals surface area contributed by atoms with Gasteiger partial charge in [-0.1, -0.05) is 24.3 Å².